The van der Waals surface area contributed by atoms with E-state index in [4.69, 9.17) is 27.9 Å². The normalized spacial score (nSPS) is 10.3. The molecule has 2 rings (SSSR count). The predicted octanol–water partition coefficient (Wildman–Crippen LogP) is 4.58. The maximum absolute atomic E-state index is 11.8. The highest BCUT2D eigenvalue weighted by atomic mass is 35.5. The van der Waals surface area contributed by atoms with E-state index in [9.17, 15) is 9.59 Å². The summed E-state index contributed by atoms with van der Waals surface area (Å²) in [5.74, 6) is -0.840. The van der Waals surface area contributed by atoms with Crippen molar-refractivity contribution in [1.29, 1.82) is 0 Å². The van der Waals surface area contributed by atoms with Gasteiger partial charge in [-0.05, 0) is 30.7 Å². The summed E-state index contributed by atoms with van der Waals surface area (Å²) in [6.07, 6.45) is 0. The molecule has 0 saturated heterocycles. The average Bonchev–Trinajstić information content (AvgIpc) is 2.56. The number of hydrogen-bond acceptors (Lipinski definition) is 4. The number of rotatable bonds is 6. The fourth-order valence-corrected chi connectivity index (χ4v) is 3.15. The Balaban J connectivity index is 1.79. The second-order valence-corrected chi connectivity index (χ2v) is 6.69. The molecule has 0 aromatic heterocycles. The van der Waals surface area contributed by atoms with Gasteiger partial charge in [0.2, 0.25) is 0 Å². The zero-order chi connectivity index (χ0) is 17.5. The van der Waals surface area contributed by atoms with Crippen molar-refractivity contribution in [3.05, 3.63) is 58.1 Å². The predicted molar refractivity (Wildman–Crippen MR) is 98.0 cm³/mol. The van der Waals surface area contributed by atoms with Crippen molar-refractivity contribution in [3.63, 3.8) is 0 Å². The third kappa shape index (κ3) is 5.44. The first-order valence-electron chi connectivity index (χ1n) is 7.05. The van der Waals surface area contributed by atoms with Gasteiger partial charge in [0, 0.05) is 4.90 Å². The minimum atomic E-state index is -0.501. The molecule has 4 nitrogen and oxygen atoms in total. The van der Waals surface area contributed by atoms with Crippen molar-refractivity contribution in [2.75, 3.05) is 17.7 Å². The van der Waals surface area contributed by atoms with Crippen molar-refractivity contribution in [1.82, 2.24) is 0 Å². The van der Waals surface area contributed by atoms with Crippen LogP contribution in [0.15, 0.2) is 47.4 Å². The van der Waals surface area contributed by atoms with Crippen LogP contribution in [0.1, 0.15) is 5.56 Å². The highest BCUT2D eigenvalue weighted by Gasteiger charge is 2.12. The smallest absolute Gasteiger partial charge is 0.316 e. The van der Waals surface area contributed by atoms with Crippen LogP contribution in [0.3, 0.4) is 0 Å². The summed E-state index contributed by atoms with van der Waals surface area (Å²) in [4.78, 5) is 24.6. The Morgan fingerprint density at radius 3 is 2.42 bits per heavy atom. The zero-order valence-electron chi connectivity index (χ0n) is 12.8. The summed E-state index contributed by atoms with van der Waals surface area (Å²) in [5.41, 5.74) is 1.39. The number of esters is 1. The van der Waals surface area contributed by atoms with Gasteiger partial charge in [0.1, 0.15) is 0 Å². The van der Waals surface area contributed by atoms with Gasteiger partial charge in [-0.25, -0.2) is 0 Å². The molecular formula is C17H15Cl2NO3S. The number of amides is 1. The summed E-state index contributed by atoms with van der Waals surface area (Å²) >= 11 is 13.3. The van der Waals surface area contributed by atoms with Crippen molar-refractivity contribution in [2.24, 2.45) is 0 Å². The Labute approximate surface area is 154 Å². The number of anilines is 1. The number of hydrogen-bond donors (Lipinski definition) is 1. The maximum atomic E-state index is 11.8. The first kappa shape index (κ1) is 18.6. The van der Waals surface area contributed by atoms with Gasteiger partial charge in [-0.3, -0.25) is 9.59 Å². The molecule has 0 aliphatic rings. The fraction of sp³-hybridized carbons (Fsp3) is 0.176. The van der Waals surface area contributed by atoms with E-state index in [1.54, 1.807) is 18.2 Å². The van der Waals surface area contributed by atoms with Crippen LogP contribution in [-0.2, 0) is 14.3 Å². The molecule has 0 saturated carbocycles. The van der Waals surface area contributed by atoms with Crippen molar-refractivity contribution in [2.45, 2.75) is 11.8 Å². The quantitative estimate of drug-likeness (QED) is 0.585. The monoisotopic (exact) mass is 383 g/mol. The molecule has 7 heteroatoms. The van der Waals surface area contributed by atoms with Crippen LogP contribution in [0.2, 0.25) is 10.0 Å². The number of para-hydroxylation sites is 1. The largest absolute Gasteiger partial charge is 0.455 e. The summed E-state index contributed by atoms with van der Waals surface area (Å²) in [7, 11) is 0. The molecule has 126 valence electrons. The van der Waals surface area contributed by atoms with Crippen LogP contribution in [0.5, 0.6) is 0 Å². The molecule has 2 aromatic carbocycles. The van der Waals surface area contributed by atoms with Crippen LogP contribution in [0.25, 0.3) is 0 Å². The van der Waals surface area contributed by atoms with Crippen molar-refractivity contribution in [3.8, 4) is 0 Å². The molecular weight excluding hydrogens is 369 g/mol. The molecule has 0 fully saturated rings. The highest BCUT2D eigenvalue weighted by molar-refractivity contribution is 8.00. The van der Waals surface area contributed by atoms with Crippen LogP contribution < -0.4 is 5.32 Å². The van der Waals surface area contributed by atoms with E-state index in [0.29, 0.717) is 15.7 Å². The molecule has 1 N–H and O–H groups in total. The average molecular weight is 384 g/mol. The minimum absolute atomic E-state index is 0.130. The SMILES string of the molecule is Cc1ccccc1SCC(=O)OCC(=O)Nc1c(Cl)cccc1Cl. The Bertz CT molecular complexity index is 732. The lowest BCUT2D eigenvalue weighted by Gasteiger charge is -2.09. The molecule has 0 bridgehead atoms. The second kappa shape index (κ2) is 8.97. The number of thioether (sulfide) groups is 1. The molecule has 0 radical (unpaired) electrons. The minimum Gasteiger partial charge on any atom is -0.455 e. The van der Waals surface area contributed by atoms with E-state index in [1.807, 2.05) is 31.2 Å². The second-order valence-electron chi connectivity index (χ2n) is 4.86. The van der Waals surface area contributed by atoms with Crippen molar-refractivity contribution >= 4 is 52.5 Å². The molecule has 0 aliphatic carbocycles. The molecule has 0 aliphatic heterocycles. The van der Waals surface area contributed by atoms with Crippen LogP contribution in [0, 0.1) is 6.92 Å². The Morgan fingerprint density at radius 2 is 1.75 bits per heavy atom. The zero-order valence-corrected chi connectivity index (χ0v) is 15.2. The fourth-order valence-electron chi connectivity index (χ4n) is 1.84. The van der Waals surface area contributed by atoms with E-state index in [0.717, 1.165) is 10.5 Å². The van der Waals surface area contributed by atoms with Gasteiger partial charge in [0.25, 0.3) is 5.91 Å². The van der Waals surface area contributed by atoms with Gasteiger partial charge >= 0.3 is 5.97 Å². The number of halogens is 2. The molecule has 2 aromatic rings. The first-order chi connectivity index (χ1) is 11.5. The van der Waals surface area contributed by atoms with E-state index in [1.165, 1.54) is 11.8 Å². The lowest BCUT2D eigenvalue weighted by atomic mass is 10.2. The van der Waals surface area contributed by atoms with Gasteiger partial charge in [0.15, 0.2) is 6.61 Å². The van der Waals surface area contributed by atoms with Gasteiger partial charge in [-0.2, -0.15) is 0 Å². The third-order valence-corrected chi connectivity index (χ3v) is 4.81. The number of nitrogens with one attached hydrogen (secondary N) is 1. The van der Waals surface area contributed by atoms with Gasteiger partial charge < -0.3 is 10.1 Å². The number of aryl methyl sites for hydroxylation is 1. The number of ether oxygens (including phenoxy) is 1. The molecule has 1 amide bonds. The summed E-state index contributed by atoms with van der Waals surface area (Å²) in [6, 6.07) is 12.6. The maximum Gasteiger partial charge on any atom is 0.316 e. The molecule has 0 spiro atoms. The van der Waals surface area contributed by atoms with Crippen LogP contribution >= 0.6 is 35.0 Å². The standard InChI is InChI=1S/C17H15Cl2NO3S/c1-11-5-2-3-8-14(11)24-10-16(22)23-9-15(21)20-17-12(18)6-4-7-13(17)19/h2-8H,9-10H2,1H3,(H,20,21). The number of carbonyl (C=O) groups is 2. The van der Waals surface area contributed by atoms with E-state index >= 15 is 0 Å². The highest BCUT2D eigenvalue weighted by Crippen LogP contribution is 2.29. The van der Waals surface area contributed by atoms with E-state index in [-0.39, 0.29) is 5.75 Å². The van der Waals surface area contributed by atoms with Gasteiger partial charge in [-0.15, -0.1) is 11.8 Å². The van der Waals surface area contributed by atoms with E-state index in [2.05, 4.69) is 5.32 Å². The van der Waals surface area contributed by atoms with Crippen LogP contribution in [0.4, 0.5) is 5.69 Å². The van der Waals surface area contributed by atoms with Gasteiger partial charge in [0.05, 0.1) is 21.5 Å². The number of carbonyl (C=O) groups excluding carboxylic acids is 2. The topological polar surface area (TPSA) is 55.4 Å². The first-order valence-corrected chi connectivity index (χ1v) is 8.79. The Kier molecular flexibility index (Phi) is 6.97. The van der Waals surface area contributed by atoms with E-state index < -0.39 is 18.5 Å². The summed E-state index contributed by atoms with van der Waals surface area (Å²) in [6.45, 7) is 1.57. The summed E-state index contributed by atoms with van der Waals surface area (Å²) < 4.78 is 4.96. The summed E-state index contributed by atoms with van der Waals surface area (Å²) in [5, 5.41) is 3.16. The Morgan fingerprint density at radius 1 is 1.08 bits per heavy atom. The molecule has 24 heavy (non-hydrogen) atoms. The molecule has 0 unspecified atom stereocenters. The van der Waals surface area contributed by atoms with Gasteiger partial charge in [-0.1, -0.05) is 47.5 Å². The molecule has 0 atom stereocenters. The molecule has 0 heterocycles. The lowest BCUT2D eigenvalue weighted by Crippen LogP contribution is -2.22. The number of benzene rings is 2. The third-order valence-electron chi connectivity index (χ3n) is 3.03. The Hall–Kier alpha value is -1.69. The van der Waals surface area contributed by atoms with Crippen molar-refractivity contribution < 1.29 is 14.3 Å². The van der Waals surface area contributed by atoms with Crippen LogP contribution in [-0.4, -0.2) is 24.2 Å². The lowest BCUT2D eigenvalue weighted by molar-refractivity contribution is -0.144.